The minimum Gasteiger partial charge on any atom is -0.508 e. The Morgan fingerprint density at radius 3 is 2.32 bits per heavy atom. The largest absolute Gasteiger partial charge is 0.508 e. The fraction of sp³-hybridized carbons (Fsp3) is 0.250. The normalized spacial score (nSPS) is 10.7. The molecule has 3 nitrogen and oxygen atoms in total. The number of phenolic OH excluding ortho intramolecular Hbond substituents is 1. The number of hydrogen-bond donors (Lipinski definition) is 1. The number of phenols is 1. The molecule has 2 aromatic rings. The van der Waals surface area contributed by atoms with E-state index < -0.39 is 0 Å². The molecule has 0 heterocycles. The van der Waals surface area contributed by atoms with E-state index in [0.717, 1.165) is 12.1 Å². The molecule has 0 fully saturated rings. The van der Waals surface area contributed by atoms with Crippen LogP contribution in [0.2, 0.25) is 0 Å². The van der Waals surface area contributed by atoms with Gasteiger partial charge in [-0.25, -0.2) is 0 Å². The van der Waals surface area contributed by atoms with Crippen LogP contribution in [0.3, 0.4) is 0 Å². The third-order valence-corrected chi connectivity index (χ3v) is 2.74. The second-order valence-corrected chi connectivity index (χ2v) is 4.84. The summed E-state index contributed by atoms with van der Waals surface area (Å²) in [5, 5.41) is 9.35. The van der Waals surface area contributed by atoms with Crippen molar-refractivity contribution >= 4 is 0 Å². The molecule has 0 aliphatic rings. The average molecular weight is 257 g/mol. The molecule has 100 valence electrons. The van der Waals surface area contributed by atoms with Gasteiger partial charge in [-0.3, -0.25) is 0 Å². The van der Waals surface area contributed by atoms with Crippen molar-refractivity contribution in [3.8, 4) is 11.5 Å². The molecule has 2 rings (SSSR count). The summed E-state index contributed by atoms with van der Waals surface area (Å²) in [5.41, 5.74) is 2.40. The maximum atomic E-state index is 9.35. The molecule has 0 atom stereocenters. The maximum Gasteiger partial charge on any atom is 0.123 e. The molecule has 0 spiro atoms. The van der Waals surface area contributed by atoms with Gasteiger partial charge in [0.05, 0.1) is 0 Å². The van der Waals surface area contributed by atoms with Crippen molar-refractivity contribution in [2.24, 2.45) is 0 Å². The number of ether oxygens (including phenoxy) is 1. The van der Waals surface area contributed by atoms with E-state index in [4.69, 9.17) is 4.74 Å². The van der Waals surface area contributed by atoms with Crippen molar-refractivity contribution in [3.63, 3.8) is 0 Å². The average Bonchev–Trinajstić information content (AvgIpc) is 2.37. The molecule has 0 aliphatic carbocycles. The van der Waals surface area contributed by atoms with Crippen LogP contribution >= 0.6 is 0 Å². The van der Waals surface area contributed by atoms with E-state index in [-0.39, 0.29) is 5.75 Å². The Labute approximate surface area is 114 Å². The summed E-state index contributed by atoms with van der Waals surface area (Å²) in [6.07, 6.45) is 0. The zero-order valence-corrected chi connectivity index (χ0v) is 11.3. The molecule has 0 unspecified atom stereocenters. The van der Waals surface area contributed by atoms with Crippen LogP contribution in [0.1, 0.15) is 11.1 Å². The lowest BCUT2D eigenvalue weighted by Crippen LogP contribution is -2.10. The van der Waals surface area contributed by atoms with Gasteiger partial charge in [0, 0.05) is 12.6 Å². The van der Waals surface area contributed by atoms with E-state index in [9.17, 15) is 5.11 Å². The van der Waals surface area contributed by atoms with Crippen molar-refractivity contribution < 1.29 is 9.84 Å². The van der Waals surface area contributed by atoms with Crippen LogP contribution in [-0.2, 0) is 13.2 Å². The summed E-state index contributed by atoms with van der Waals surface area (Å²) < 4.78 is 5.62. The van der Waals surface area contributed by atoms with Crippen molar-refractivity contribution in [2.75, 3.05) is 14.1 Å². The molecule has 0 bridgehead atoms. The third kappa shape index (κ3) is 4.30. The van der Waals surface area contributed by atoms with E-state index in [2.05, 4.69) is 43.3 Å². The fourth-order valence-corrected chi connectivity index (χ4v) is 1.85. The number of benzene rings is 2. The monoisotopic (exact) mass is 257 g/mol. The third-order valence-electron chi connectivity index (χ3n) is 2.74. The van der Waals surface area contributed by atoms with Gasteiger partial charge in [0.25, 0.3) is 0 Å². The van der Waals surface area contributed by atoms with Crippen molar-refractivity contribution in [1.82, 2.24) is 4.90 Å². The van der Waals surface area contributed by atoms with Crippen LogP contribution in [0.15, 0.2) is 48.5 Å². The molecule has 0 aromatic heterocycles. The first-order valence-corrected chi connectivity index (χ1v) is 6.28. The lowest BCUT2D eigenvalue weighted by Gasteiger charge is -2.10. The lowest BCUT2D eigenvalue weighted by molar-refractivity contribution is 0.304. The molecule has 0 amide bonds. The lowest BCUT2D eigenvalue weighted by atomic mass is 10.1. The quantitative estimate of drug-likeness (QED) is 0.893. The standard InChI is InChI=1S/C16H19NO2/c1-17(2)11-13-6-8-14(9-7-13)12-19-16-5-3-4-15(18)10-16/h3-10,18H,11-12H2,1-2H3. The summed E-state index contributed by atoms with van der Waals surface area (Å²) >= 11 is 0. The van der Waals surface area contributed by atoms with E-state index in [1.54, 1.807) is 18.2 Å². The molecule has 2 aromatic carbocycles. The summed E-state index contributed by atoms with van der Waals surface area (Å²) in [5.74, 6) is 0.899. The Hall–Kier alpha value is -2.00. The molecule has 0 radical (unpaired) electrons. The molecular weight excluding hydrogens is 238 g/mol. The first-order chi connectivity index (χ1) is 9.13. The molecule has 19 heavy (non-hydrogen) atoms. The highest BCUT2D eigenvalue weighted by Gasteiger charge is 1.99. The molecular formula is C16H19NO2. The van der Waals surface area contributed by atoms with Gasteiger partial charge in [-0.05, 0) is 37.4 Å². The van der Waals surface area contributed by atoms with Crippen molar-refractivity contribution in [3.05, 3.63) is 59.7 Å². The first-order valence-electron chi connectivity index (χ1n) is 6.28. The molecule has 3 heteroatoms. The minimum absolute atomic E-state index is 0.221. The highest BCUT2D eigenvalue weighted by atomic mass is 16.5. The van der Waals surface area contributed by atoms with Gasteiger partial charge in [0.2, 0.25) is 0 Å². The van der Waals surface area contributed by atoms with Crippen LogP contribution in [0, 0.1) is 0 Å². The Morgan fingerprint density at radius 2 is 1.68 bits per heavy atom. The first kappa shape index (κ1) is 13.4. The van der Waals surface area contributed by atoms with E-state index in [1.807, 2.05) is 6.07 Å². The van der Waals surface area contributed by atoms with Gasteiger partial charge < -0.3 is 14.7 Å². The number of nitrogens with zero attached hydrogens (tertiary/aromatic N) is 1. The predicted molar refractivity (Wildman–Crippen MR) is 76.3 cm³/mol. The second-order valence-electron chi connectivity index (χ2n) is 4.84. The van der Waals surface area contributed by atoms with Crippen molar-refractivity contribution in [2.45, 2.75) is 13.2 Å². The van der Waals surface area contributed by atoms with Crippen LogP contribution in [0.5, 0.6) is 11.5 Å². The fourth-order valence-electron chi connectivity index (χ4n) is 1.85. The molecule has 0 saturated heterocycles. The highest BCUT2D eigenvalue weighted by Crippen LogP contribution is 2.19. The highest BCUT2D eigenvalue weighted by molar-refractivity contribution is 5.32. The Bertz CT molecular complexity index is 521. The molecule has 0 aliphatic heterocycles. The van der Waals surface area contributed by atoms with Gasteiger partial charge in [-0.1, -0.05) is 30.3 Å². The Morgan fingerprint density at radius 1 is 1.00 bits per heavy atom. The zero-order chi connectivity index (χ0) is 13.7. The van der Waals surface area contributed by atoms with Gasteiger partial charge in [0.1, 0.15) is 18.1 Å². The molecule has 1 N–H and O–H groups in total. The summed E-state index contributed by atoms with van der Waals surface area (Å²) in [7, 11) is 4.11. The van der Waals surface area contributed by atoms with Gasteiger partial charge in [-0.2, -0.15) is 0 Å². The van der Waals surface area contributed by atoms with Crippen LogP contribution in [0.25, 0.3) is 0 Å². The number of hydrogen-bond acceptors (Lipinski definition) is 3. The maximum absolute atomic E-state index is 9.35. The zero-order valence-electron chi connectivity index (χ0n) is 11.3. The van der Waals surface area contributed by atoms with Gasteiger partial charge >= 0.3 is 0 Å². The van der Waals surface area contributed by atoms with Crippen molar-refractivity contribution in [1.29, 1.82) is 0 Å². The number of aromatic hydroxyl groups is 1. The smallest absolute Gasteiger partial charge is 0.123 e. The van der Waals surface area contributed by atoms with E-state index in [0.29, 0.717) is 12.4 Å². The summed E-state index contributed by atoms with van der Waals surface area (Å²) in [6.45, 7) is 1.44. The van der Waals surface area contributed by atoms with Crippen LogP contribution in [0.4, 0.5) is 0 Å². The number of rotatable bonds is 5. The van der Waals surface area contributed by atoms with E-state index >= 15 is 0 Å². The van der Waals surface area contributed by atoms with Gasteiger partial charge in [0.15, 0.2) is 0 Å². The SMILES string of the molecule is CN(C)Cc1ccc(COc2cccc(O)c2)cc1. The van der Waals surface area contributed by atoms with Crippen LogP contribution < -0.4 is 4.74 Å². The topological polar surface area (TPSA) is 32.7 Å². The second kappa shape index (κ2) is 6.25. The Kier molecular flexibility index (Phi) is 4.42. The minimum atomic E-state index is 0.221. The van der Waals surface area contributed by atoms with E-state index in [1.165, 1.54) is 5.56 Å². The Balaban J connectivity index is 1.93. The summed E-state index contributed by atoms with van der Waals surface area (Å²) in [6, 6.07) is 15.2. The van der Waals surface area contributed by atoms with Crippen LogP contribution in [-0.4, -0.2) is 24.1 Å². The van der Waals surface area contributed by atoms with Gasteiger partial charge in [-0.15, -0.1) is 0 Å². The summed E-state index contributed by atoms with van der Waals surface area (Å²) in [4.78, 5) is 2.14. The molecule has 0 saturated carbocycles. The predicted octanol–water partition coefficient (Wildman–Crippen LogP) is 3.03.